The molecule has 2 aliphatic rings. The highest BCUT2D eigenvalue weighted by atomic mass is 35.5. The number of benzene rings is 3. The summed E-state index contributed by atoms with van der Waals surface area (Å²) >= 11 is 5.88. The molecule has 216 valence electrons. The minimum absolute atomic E-state index is 0.0493. The number of hydrogen-bond donors (Lipinski definition) is 2. The summed E-state index contributed by atoms with van der Waals surface area (Å²) in [5.74, 6) is -0.0754. The van der Waals surface area contributed by atoms with Gasteiger partial charge in [0.05, 0.1) is 35.1 Å². The van der Waals surface area contributed by atoms with Crippen LogP contribution >= 0.6 is 11.6 Å². The maximum absolute atomic E-state index is 13.5. The van der Waals surface area contributed by atoms with E-state index < -0.39 is 16.1 Å². The van der Waals surface area contributed by atoms with E-state index in [0.29, 0.717) is 23.6 Å². The Morgan fingerprint density at radius 2 is 1.80 bits per heavy atom. The van der Waals surface area contributed by atoms with Crippen molar-refractivity contribution in [3.05, 3.63) is 88.9 Å². The Labute approximate surface area is 244 Å². The van der Waals surface area contributed by atoms with Crippen LogP contribution in [0, 0.1) is 0 Å². The Balaban J connectivity index is 1.25. The van der Waals surface area contributed by atoms with Gasteiger partial charge in [-0.05, 0) is 67.8 Å². The number of anilines is 1. The molecule has 41 heavy (non-hydrogen) atoms. The predicted octanol–water partition coefficient (Wildman–Crippen LogP) is 4.79. The SMILES string of the molecule is C[C@@H](NC(=O)C[C@H]1CC[C@@H]2[C@@H](COc3ccc(NS(=O)(=O)c4ccc(Cl)cc4)cc3C(=O)N2C)O1)c1ccccc1. The van der Waals surface area contributed by atoms with Crippen LogP contribution < -0.4 is 14.8 Å². The Morgan fingerprint density at radius 3 is 2.54 bits per heavy atom. The topological polar surface area (TPSA) is 114 Å². The normalized spacial score (nSPS) is 21.4. The lowest BCUT2D eigenvalue weighted by molar-refractivity contribution is -0.134. The molecule has 0 unspecified atom stereocenters. The Bertz CT molecular complexity index is 1520. The number of hydrogen-bond acceptors (Lipinski definition) is 6. The van der Waals surface area contributed by atoms with Gasteiger partial charge in [-0.2, -0.15) is 0 Å². The molecule has 1 saturated heterocycles. The molecule has 2 N–H and O–H groups in total. The maximum Gasteiger partial charge on any atom is 0.261 e. The van der Waals surface area contributed by atoms with E-state index in [9.17, 15) is 18.0 Å². The van der Waals surface area contributed by atoms with Crippen LogP contribution in [0.25, 0.3) is 0 Å². The quantitative estimate of drug-likeness (QED) is 0.405. The number of halogens is 1. The molecule has 1 fully saturated rings. The summed E-state index contributed by atoms with van der Waals surface area (Å²) < 4.78 is 40.5. The molecule has 0 radical (unpaired) electrons. The zero-order chi connectivity index (χ0) is 29.1. The van der Waals surface area contributed by atoms with Crippen molar-refractivity contribution < 1.29 is 27.5 Å². The molecule has 4 atom stereocenters. The Kier molecular flexibility index (Phi) is 8.53. The second kappa shape index (κ2) is 12.1. The third-order valence-corrected chi connectivity index (χ3v) is 9.13. The van der Waals surface area contributed by atoms with E-state index in [2.05, 4.69) is 10.0 Å². The lowest BCUT2D eigenvalue weighted by Crippen LogP contribution is -2.54. The third kappa shape index (κ3) is 6.66. The monoisotopic (exact) mass is 597 g/mol. The van der Waals surface area contributed by atoms with Gasteiger partial charge in [0.25, 0.3) is 15.9 Å². The summed E-state index contributed by atoms with van der Waals surface area (Å²) in [6, 6.07) is 19.8. The van der Waals surface area contributed by atoms with E-state index in [1.54, 1.807) is 24.1 Å². The lowest BCUT2D eigenvalue weighted by Gasteiger charge is -2.42. The number of amides is 2. The smallest absolute Gasteiger partial charge is 0.261 e. The van der Waals surface area contributed by atoms with E-state index in [-0.39, 0.29) is 59.2 Å². The first-order valence-electron chi connectivity index (χ1n) is 13.4. The molecule has 3 aromatic carbocycles. The van der Waals surface area contributed by atoms with E-state index in [0.717, 1.165) is 5.56 Å². The number of nitrogens with one attached hydrogen (secondary N) is 2. The third-order valence-electron chi connectivity index (χ3n) is 7.48. The van der Waals surface area contributed by atoms with Gasteiger partial charge in [-0.15, -0.1) is 0 Å². The molecule has 9 nitrogen and oxygen atoms in total. The molecule has 0 saturated carbocycles. The predicted molar refractivity (Wildman–Crippen MR) is 156 cm³/mol. The molecule has 0 aromatic heterocycles. The number of likely N-dealkylation sites (N-methyl/N-ethyl adjacent to an activating group) is 1. The van der Waals surface area contributed by atoms with Gasteiger partial charge in [-0.3, -0.25) is 14.3 Å². The first-order chi connectivity index (χ1) is 19.6. The molecule has 2 aliphatic heterocycles. The Hall–Kier alpha value is -3.60. The molecule has 3 aromatic rings. The van der Waals surface area contributed by atoms with Crippen molar-refractivity contribution in [3.63, 3.8) is 0 Å². The standard InChI is InChI=1S/C30H32ClN3O6S/c1-19(20-6-4-3-5-7-20)32-29(35)17-23-11-14-26-28(40-23)18-39-27-15-10-22(16-25(27)30(36)34(26)2)33-41(37,38)24-12-8-21(31)9-13-24/h3-10,12-13,15-16,19,23,26,28,33H,11,14,17-18H2,1-2H3,(H,32,35)/t19-,23-,26-,28-/m1/s1. The second-order valence-electron chi connectivity index (χ2n) is 10.3. The van der Waals surface area contributed by atoms with Crippen LogP contribution in [0.15, 0.2) is 77.7 Å². The van der Waals surface area contributed by atoms with Crippen LogP contribution in [0.3, 0.4) is 0 Å². The summed E-state index contributed by atoms with van der Waals surface area (Å²) in [6.07, 6.45) is 0.750. The second-order valence-corrected chi connectivity index (χ2v) is 12.5. The number of ether oxygens (including phenoxy) is 2. The maximum atomic E-state index is 13.5. The van der Waals surface area contributed by atoms with Gasteiger partial charge >= 0.3 is 0 Å². The molecule has 0 bridgehead atoms. The van der Waals surface area contributed by atoms with Crippen molar-refractivity contribution in [3.8, 4) is 5.75 Å². The van der Waals surface area contributed by atoms with Crippen molar-refractivity contribution >= 4 is 39.1 Å². The van der Waals surface area contributed by atoms with Crippen molar-refractivity contribution in [1.29, 1.82) is 0 Å². The molecular weight excluding hydrogens is 566 g/mol. The Morgan fingerprint density at radius 1 is 1.07 bits per heavy atom. The van der Waals surface area contributed by atoms with Crippen LogP contribution in [-0.4, -0.2) is 57.0 Å². The average molecular weight is 598 g/mol. The van der Waals surface area contributed by atoms with Gasteiger partial charge in [-0.1, -0.05) is 41.9 Å². The van der Waals surface area contributed by atoms with Gasteiger partial charge in [-0.25, -0.2) is 8.42 Å². The number of carbonyl (C=O) groups is 2. The number of fused-ring (bicyclic) bond motifs is 2. The summed E-state index contributed by atoms with van der Waals surface area (Å²) in [7, 11) is -2.18. The van der Waals surface area contributed by atoms with Crippen molar-refractivity contribution in [2.75, 3.05) is 18.4 Å². The highest BCUT2D eigenvalue weighted by Gasteiger charge is 2.39. The lowest BCUT2D eigenvalue weighted by atomic mass is 9.94. The zero-order valence-electron chi connectivity index (χ0n) is 22.7. The first kappa shape index (κ1) is 28.9. The van der Waals surface area contributed by atoms with Crippen LogP contribution in [-0.2, 0) is 19.6 Å². The van der Waals surface area contributed by atoms with Crippen molar-refractivity contribution in [1.82, 2.24) is 10.2 Å². The summed E-state index contributed by atoms with van der Waals surface area (Å²) in [6.45, 7) is 2.13. The minimum Gasteiger partial charge on any atom is -0.490 e. The molecule has 0 spiro atoms. The number of nitrogens with zero attached hydrogens (tertiary/aromatic N) is 1. The minimum atomic E-state index is -3.89. The van der Waals surface area contributed by atoms with E-state index in [4.69, 9.17) is 21.1 Å². The number of rotatable bonds is 7. The van der Waals surface area contributed by atoms with Gasteiger partial charge in [0, 0.05) is 17.8 Å². The number of carbonyl (C=O) groups excluding carboxylic acids is 2. The van der Waals surface area contributed by atoms with Crippen LogP contribution in [0.2, 0.25) is 5.02 Å². The highest BCUT2D eigenvalue weighted by molar-refractivity contribution is 7.92. The van der Waals surface area contributed by atoms with E-state index >= 15 is 0 Å². The van der Waals surface area contributed by atoms with Crippen LogP contribution in [0.1, 0.15) is 48.1 Å². The highest BCUT2D eigenvalue weighted by Crippen LogP contribution is 2.33. The van der Waals surface area contributed by atoms with Gasteiger partial charge in [0.15, 0.2) is 0 Å². The van der Waals surface area contributed by atoms with Crippen LogP contribution in [0.4, 0.5) is 5.69 Å². The first-order valence-corrected chi connectivity index (χ1v) is 15.3. The largest absolute Gasteiger partial charge is 0.490 e. The zero-order valence-corrected chi connectivity index (χ0v) is 24.3. The summed E-state index contributed by atoms with van der Waals surface area (Å²) in [4.78, 5) is 27.9. The molecule has 2 amide bonds. The van der Waals surface area contributed by atoms with Crippen molar-refractivity contribution in [2.24, 2.45) is 0 Å². The molecule has 0 aliphatic carbocycles. The van der Waals surface area contributed by atoms with Gasteiger partial charge in [0.2, 0.25) is 5.91 Å². The number of sulfonamides is 1. The fourth-order valence-corrected chi connectivity index (χ4v) is 6.43. The van der Waals surface area contributed by atoms with Crippen molar-refractivity contribution in [2.45, 2.75) is 55.4 Å². The van der Waals surface area contributed by atoms with Gasteiger partial charge in [0.1, 0.15) is 18.5 Å². The summed E-state index contributed by atoms with van der Waals surface area (Å²) in [5, 5.41) is 3.46. The van der Waals surface area contributed by atoms with Crippen LogP contribution in [0.5, 0.6) is 5.75 Å². The fourth-order valence-electron chi connectivity index (χ4n) is 5.25. The summed E-state index contributed by atoms with van der Waals surface area (Å²) in [5.41, 5.74) is 1.51. The van der Waals surface area contributed by atoms with Gasteiger partial charge < -0.3 is 19.7 Å². The molecular formula is C30H32ClN3O6S. The molecule has 5 rings (SSSR count). The average Bonchev–Trinajstić information content (AvgIpc) is 2.95. The molecule has 11 heteroatoms. The van der Waals surface area contributed by atoms with E-state index in [1.165, 1.54) is 30.3 Å². The molecule has 2 heterocycles. The van der Waals surface area contributed by atoms with E-state index in [1.807, 2.05) is 37.3 Å². The fraction of sp³-hybridized carbons (Fsp3) is 0.333.